The molecule has 1 aliphatic rings. The van der Waals surface area contributed by atoms with Crippen LogP contribution in [0.3, 0.4) is 0 Å². The van der Waals surface area contributed by atoms with Crippen molar-refractivity contribution in [2.45, 2.75) is 49.1 Å². The van der Waals surface area contributed by atoms with E-state index >= 15 is 0 Å². The lowest BCUT2D eigenvalue weighted by molar-refractivity contribution is 0.0784. The summed E-state index contributed by atoms with van der Waals surface area (Å²) in [5.41, 5.74) is 3.48. The summed E-state index contributed by atoms with van der Waals surface area (Å²) in [7, 11) is -2.06. The van der Waals surface area contributed by atoms with Gasteiger partial charge in [0.15, 0.2) is 9.84 Å². The van der Waals surface area contributed by atoms with Gasteiger partial charge in [-0.3, -0.25) is 4.90 Å². The van der Waals surface area contributed by atoms with Gasteiger partial charge in [0.25, 0.3) is 0 Å². The minimum atomic E-state index is -3.92. The van der Waals surface area contributed by atoms with Gasteiger partial charge in [-0.25, -0.2) is 17.8 Å². The van der Waals surface area contributed by atoms with Crippen molar-refractivity contribution in [3.63, 3.8) is 0 Å². The molecule has 1 aliphatic heterocycles. The molecule has 3 aromatic rings. The second kappa shape index (κ2) is 10.1. The van der Waals surface area contributed by atoms with Crippen LogP contribution in [0.25, 0.3) is 0 Å². The van der Waals surface area contributed by atoms with E-state index in [1.165, 1.54) is 23.5 Å². The van der Waals surface area contributed by atoms with Gasteiger partial charge in [0.05, 0.1) is 33.3 Å². The zero-order chi connectivity index (χ0) is 25.4. The van der Waals surface area contributed by atoms with Crippen LogP contribution >= 0.6 is 22.9 Å². The molecule has 0 spiro atoms. The predicted molar refractivity (Wildman–Crippen MR) is 138 cm³/mol. The van der Waals surface area contributed by atoms with Gasteiger partial charge in [0, 0.05) is 44.2 Å². The summed E-state index contributed by atoms with van der Waals surface area (Å²) in [5, 5.41) is 12.1. The van der Waals surface area contributed by atoms with Crippen LogP contribution in [-0.4, -0.2) is 49.6 Å². The van der Waals surface area contributed by atoms with Crippen molar-refractivity contribution in [1.82, 2.24) is 9.88 Å². The minimum absolute atomic E-state index is 0.0989. The van der Waals surface area contributed by atoms with Gasteiger partial charge in [0.2, 0.25) is 0 Å². The second-order valence-corrected chi connectivity index (χ2v) is 12.6. The molecule has 0 aliphatic carbocycles. The van der Waals surface area contributed by atoms with E-state index < -0.39 is 26.2 Å². The van der Waals surface area contributed by atoms with Crippen molar-refractivity contribution in [2.75, 3.05) is 25.0 Å². The van der Waals surface area contributed by atoms with Crippen LogP contribution in [0, 0.1) is 5.82 Å². The molecule has 2 aromatic carbocycles. The molecule has 1 aromatic heterocycles. The quantitative estimate of drug-likeness (QED) is 0.443. The zero-order valence-corrected chi connectivity index (χ0v) is 22.3. The van der Waals surface area contributed by atoms with Crippen LogP contribution in [-0.2, 0) is 27.7 Å². The number of likely N-dealkylation sites (N-methyl/N-ethyl adjacent to an activating group) is 1. The third-order valence-corrected chi connectivity index (χ3v) is 8.97. The molecule has 4 rings (SSSR count). The fraction of sp³-hybridized carbons (Fsp3) is 0.400. The van der Waals surface area contributed by atoms with Gasteiger partial charge >= 0.3 is 0 Å². The number of benzene rings is 2. The molecule has 35 heavy (non-hydrogen) atoms. The molecular formula is C25H29ClFN3O3S2. The van der Waals surface area contributed by atoms with Crippen molar-refractivity contribution >= 4 is 38.5 Å². The molecule has 6 nitrogen and oxygen atoms in total. The van der Waals surface area contributed by atoms with Crippen LogP contribution in [0.2, 0.25) is 5.02 Å². The number of anilines is 1. The Hall–Kier alpha value is -2.04. The number of nitrogens with zero attached hydrogens (tertiary/aromatic N) is 3. The van der Waals surface area contributed by atoms with E-state index in [0.29, 0.717) is 11.4 Å². The van der Waals surface area contributed by atoms with Crippen LogP contribution in [0.5, 0.6) is 0 Å². The van der Waals surface area contributed by atoms with Crippen molar-refractivity contribution < 1.29 is 17.9 Å². The topological polar surface area (TPSA) is 73.7 Å². The summed E-state index contributed by atoms with van der Waals surface area (Å²) in [6, 6.07) is 10.5. The normalized spacial score (nSPS) is 17.1. The van der Waals surface area contributed by atoms with Crippen LogP contribution < -0.4 is 4.90 Å². The first-order valence-corrected chi connectivity index (χ1v) is 14.3. The standard InChI is InChI=1S/C25H29ClFN3O3S2/c1-25(2,31)18-6-4-5-17(9-18)12-30-8-7-20(13-30)29(3)23-11-22(27)24(10-21(23)26)35(32,33)15-19-14-34-16-28-19/h4-6,9-11,14,16,20,31H,7-8,12-13,15H2,1-3H3/t20-/m0/s1. The molecule has 0 unspecified atom stereocenters. The van der Waals surface area contributed by atoms with Gasteiger partial charge in [-0.15, -0.1) is 11.3 Å². The maximum absolute atomic E-state index is 15.0. The van der Waals surface area contributed by atoms with E-state index in [4.69, 9.17) is 11.6 Å². The Balaban J connectivity index is 1.46. The summed E-state index contributed by atoms with van der Waals surface area (Å²) in [5.74, 6) is -1.18. The Morgan fingerprint density at radius 2 is 2.09 bits per heavy atom. The summed E-state index contributed by atoms with van der Waals surface area (Å²) < 4.78 is 40.5. The first kappa shape index (κ1) is 26.0. The Kier molecular flexibility index (Phi) is 7.54. The second-order valence-electron chi connectivity index (χ2n) is 9.52. The Bertz CT molecular complexity index is 1290. The molecule has 0 bridgehead atoms. The molecular weight excluding hydrogens is 509 g/mol. The fourth-order valence-corrected chi connectivity index (χ4v) is 6.77. The van der Waals surface area contributed by atoms with Crippen LogP contribution in [0.15, 0.2) is 52.2 Å². The first-order chi connectivity index (χ1) is 16.4. The van der Waals surface area contributed by atoms with E-state index in [1.54, 1.807) is 24.7 Å². The van der Waals surface area contributed by atoms with E-state index in [9.17, 15) is 17.9 Å². The van der Waals surface area contributed by atoms with Gasteiger partial charge in [-0.05, 0) is 37.5 Å². The van der Waals surface area contributed by atoms with E-state index in [0.717, 1.165) is 37.2 Å². The molecule has 0 saturated carbocycles. The molecule has 1 atom stereocenters. The predicted octanol–water partition coefficient (Wildman–Crippen LogP) is 4.85. The average molecular weight is 538 g/mol. The number of hydrogen-bond acceptors (Lipinski definition) is 7. The highest BCUT2D eigenvalue weighted by Crippen LogP contribution is 2.34. The molecule has 188 valence electrons. The lowest BCUT2D eigenvalue weighted by Gasteiger charge is -2.28. The molecule has 0 amide bonds. The Morgan fingerprint density at radius 3 is 2.77 bits per heavy atom. The molecule has 1 saturated heterocycles. The number of aliphatic hydroxyl groups is 1. The number of sulfone groups is 1. The Morgan fingerprint density at radius 1 is 1.31 bits per heavy atom. The highest BCUT2D eigenvalue weighted by molar-refractivity contribution is 7.90. The molecule has 2 heterocycles. The highest BCUT2D eigenvalue weighted by Gasteiger charge is 2.29. The Labute approximate surface area is 214 Å². The van der Waals surface area contributed by atoms with Gasteiger partial charge in [-0.2, -0.15) is 0 Å². The van der Waals surface area contributed by atoms with Crippen molar-refractivity contribution in [3.05, 3.63) is 74.9 Å². The molecule has 1 N–H and O–H groups in total. The fourth-order valence-electron chi connectivity index (χ4n) is 4.39. The highest BCUT2D eigenvalue weighted by atomic mass is 35.5. The van der Waals surface area contributed by atoms with E-state index in [1.807, 2.05) is 36.2 Å². The maximum atomic E-state index is 15.0. The lowest BCUT2D eigenvalue weighted by atomic mass is 9.96. The number of halogens is 2. The van der Waals surface area contributed by atoms with Crippen LogP contribution in [0.4, 0.5) is 10.1 Å². The third-order valence-electron chi connectivity index (χ3n) is 6.37. The molecule has 1 fully saturated rings. The van der Waals surface area contributed by atoms with Gasteiger partial charge in [-0.1, -0.05) is 35.9 Å². The van der Waals surface area contributed by atoms with Crippen molar-refractivity contribution in [1.29, 1.82) is 0 Å². The first-order valence-electron chi connectivity index (χ1n) is 11.3. The number of rotatable bonds is 8. The largest absolute Gasteiger partial charge is 0.386 e. The third kappa shape index (κ3) is 6.03. The summed E-state index contributed by atoms with van der Waals surface area (Å²) >= 11 is 7.75. The number of thiazole rings is 1. The molecule has 10 heteroatoms. The van der Waals surface area contributed by atoms with Crippen LogP contribution in [0.1, 0.15) is 37.1 Å². The van der Waals surface area contributed by atoms with Gasteiger partial charge in [0.1, 0.15) is 10.7 Å². The summed E-state index contributed by atoms with van der Waals surface area (Å²) in [6.45, 7) is 5.90. The zero-order valence-electron chi connectivity index (χ0n) is 19.9. The number of hydrogen-bond donors (Lipinski definition) is 1. The summed E-state index contributed by atoms with van der Waals surface area (Å²) in [6.07, 6.45) is 0.865. The van der Waals surface area contributed by atoms with E-state index in [2.05, 4.69) is 9.88 Å². The number of aromatic nitrogens is 1. The van der Waals surface area contributed by atoms with Gasteiger partial charge < -0.3 is 10.0 Å². The summed E-state index contributed by atoms with van der Waals surface area (Å²) in [4.78, 5) is 7.81. The number of likely N-dealkylation sites (tertiary alicyclic amines) is 1. The molecule has 0 radical (unpaired) electrons. The monoisotopic (exact) mass is 537 g/mol. The van der Waals surface area contributed by atoms with Crippen molar-refractivity contribution in [2.24, 2.45) is 0 Å². The average Bonchev–Trinajstić information content (AvgIpc) is 3.46. The SMILES string of the molecule is CN(c1cc(F)c(S(=O)(=O)Cc2cscn2)cc1Cl)[C@H]1CCN(Cc2cccc(C(C)(C)O)c2)C1. The van der Waals surface area contributed by atoms with Crippen molar-refractivity contribution in [3.8, 4) is 0 Å². The minimum Gasteiger partial charge on any atom is -0.386 e. The van der Waals surface area contributed by atoms with E-state index in [-0.39, 0.29) is 16.8 Å². The smallest absolute Gasteiger partial charge is 0.187 e. The lowest BCUT2D eigenvalue weighted by Crippen LogP contribution is -2.34. The maximum Gasteiger partial charge on any atom is 0.187 e.